The van der Waals surface area contributed by atoms with Crippen molar-refractivity contribution in [2.45, 2.75) is 12.5 Å². The average Bonchev–Trinajstić information content (AvgIpc) is 1.98. The maximum Gasteiger partial charge on any atom is 0.323 e. The molecule has 11 heavy (non-hydrogen) atoms. The second kappa shape index (κ2) is 3.53. The van der Waals surface area contributed by atoms with Crippen LogP contribution in [0.3, 0.4) is 0 Å². The minimum Gasteiger partial charge on any atom is -0.468 e. The SMILES string of the molecule is C=CCN1CCC1C(=O)OC. The summed E-state index contributed by atoms with van der Waals surface area (Å²) in [6.45, 7) is 5.36. The largest absolute Gasteiger partial charge is 0.468 e. The molecule has 0 N–H and O–H groups in total. The van der Waals surface area contributed by atoms with Gasteiger partial charge in [-0.1, -0.05) is 6.08 Å². The van der Waals surface area contributed by atoms with Crippen molar-refractivity contribution in [1.82, 2.24) is 4.90 Å². The number of esters is 1. The van der Waals surface area contributed by atoms with E-state index in [1.807, 2.05) is 4.90 Å². The number of carbonyl (C=O) groups is 1. The first-order valence-corrected chi connectivity index (χ1v) is 3.72. The van der Waals surface area contributed by atoms with Gasteiger partial charge in [0.15, 0.2) is 0 Å². The minimum atomic E-state index is -0.127. The molecule has 0 spiro atoms. The van der Waals surface area contributed by atoms with Gasteiger partial charge in [-0.2, -0.15) is 0 Å². The maximum absolute atomic E-state index is 11.0. The summed E-state index contributed by atoms with van der Waals surface area (Å²) in [5.41, 5.74) is 0. The Morgan fingerprint density at radius 1 is 1.91 bits per heavy atom. The van der Waals surface area contributed by atoms with Gasteiger partial charge in [0.05, 0.1) is 7.11 Å². The summed E-state index contributed by atoms with van der Waals surface area (Å²) in [4.78, 5) is 13.0. The summed E-state index contributed by atoms with van der Waals surface area (Å²) in [7, 11) is 1.42. The van der Waals surface area contributed by atoms with Crippen molar-refractivity contribution in [2.75, 3.05) is 20.2 Å². The maximum atomic E-state index is 11.0. The van der Waals surface area contributed by atoms with Gasteiger partial charge >= 0.3 is 5.97 Å². The summed E-state index contributed by atoms with van der Waals surface area (Å²) in [6, 6.07) is -0.0157. The lowest BCUT2D eigenvalue weighted by Crippen LogP contribution is -2.52. The molecule has 0 radical (unpaired) electrons. The first-order chi connectivity index (χ1) is 5.29. The van der Waals surface area contributed by atoms with Crippen molar-refractivity contribution in [2.24, 2.45) is 0 Å². The van der Waals surface area contributed by atoms with E-state index < -0.39 is 0 Å². The van der Waals surface area contributed by atoms with Gasteiger partial charge in [-0.05, 0) is 6.42 Å². The van der Waals surface area contributed by atoms with Crippen LogP contribution in [0.2, 0.25) is 0 Å². The predicted octanol–water partition coefficient (Wildman–Crippen LogP) is 0.420. The highest BCUT2D eigenvalue weighted by atomic mass is 16.5. The molecule has 1 rings (SSSR count). The molecule has 1 aliphatic rings. The smallest absolute Gasteiger partial charge is 0.323 e. The number of carbonyl (C=O) groups excluding carboxylic acids is 1. The van der Waals surface area contributed by atoms with Gasteiger partial charge in [0.1, 0.15) is 6.04 Å². The second-order valence-corrected chi connectivity index (χ2v) is 2.61. The van der Waals surface area contributed by atoms with Gasteiger partial charge in [-0.25, -0.2) is 0 Å². The average molecular weight is 155 g/mol. The Kier molecular flexibility index (Phi) is 2.65. The number of likely N-dealkylation sites (tertiary alicyclic amines) is 1. The summed E-state index contributed by atoms with van der Waals surface area (Å²) in [6.07, 6.45) is 2.72. The molecule has 0 aliphatic carbocycles. The standard InChI is InChI=1S/C8H13NO2/c1-3-5-9-6-4-7(9)8(10)11-2/h3,7H,1,4-6H2,2H3. The molecule has 1 fully saturated rings. The van der Waals surface area contributed by atoms with Gasteiger partial charge in [-0.15, -0.1) is 6.58 Å². The molecule has 0 bridgehead atoms. The number of methoxy groups -OCH3 is 1. The molecule has 0 aromatic rings. The molecule has 0 saturated carbocycles. The monoisotopic (exact) mass is 155 g/mol. The normalized spacial score (nSPS) is 23.9. The molecular formula is C8H13NO2. The highest BCUT2D eigenvalue weighted by Gasteiger charge is 2.33. The lowest BCUT2D eigenvalue weighted by Gasteiger charge is -2.37. The Hall–Kier alpha value is -0.830. The summed E-state index contributed by atoms with van der Waals surface area (Å²) < 4.78 is 4.62. The molecule has 1 saturated heterocycles. The topological polar surface area (TPSA) is 29.5 Å². The molecule has 3 heteroatoms. The van der Waals surface area contributed by atoms with Gasteiger partial charge in [0, 0.05) is 13.1 Å². The van der Waals surface area contributed by atoms with Crippen molar-refractivity contribution in [3.05, 3.63) is 12.7 Å². The van der Waals surface area contributed by atoms with Crippen LogP contribution in [0.5, 0.6) is 0 Å². The molecule has 0 aromatic heterocycles. The fraction of sp³-hybridized carbons (Fsp3) is 0.625. The van der Waals surface area contributed by atoms with E-state index in [0.29, 0.717) is 0 Å². The second-order valence-electron chi connectivity index (χ2n) is 2.61. The number of rotatable bonds is 3. The van der Waals surface area contributed by atoms with Crippen LogP contribution in [0.25, 0.3) is 0 Å². The van der Waals surface area contributed by atoms with Gasteiger partial charge < -0.3 is 4.74 Å². The van der Waals surface area contributed by atoms with Crippen molar-refractivity contribution >= 4 is 5.97 Å². The summed E-state index contributed by atoms with van der Waals surface area (Å²) >= 11 is 0. The van der Waals surface area contributed by atoms with Crippen molar-refractivity contribution in [3.63, 3.8) is 0 Å². The third-order valence-electron chi connectivity index (χ3n) is 1.97. The van der Waals surface area contributed by atoms with Crippen LogP contribution >= 0.6 is 0 Å². The Morgan fingerprint density at radius 2 is 2.64 bits per heavy atom. The van der Waals surface area contributed by atoms with Crippen LogP contribution in [0.1, 0.15) is 6.42 Å². The number of ether oxygens (including phenoxy) is 1. The minimum absolute atomic E-state index is 0.0157. The van der Waals surface area contributed by atoms with Crippen LogP contribution in [0.4, 0.5) is 0 Å². The van der Waals surface area contributed by atoms with Crippen molar-refractivity contribution < 1.29 is 9.53 Å². The van der Waals surface area contributed by atoms with E-state index in [0.717, 1.165) is 19.5 Å². The van der Waals surface area contributed by atoms with E-state index in [1.54, 1.807) is 6.08 Å². The first kappa shape index (κ1) is 8.27. The van der Waals surface area contributed by atoms with Crippen LogP contribution in [-0.4, -0.2) is 37.1 Å². The van der Waals surface area contributed by atoms with Crippen molar-refractivity contribution in [1.29, 1.82) is 0 Å². The molecule has 1 heterocycles. The van der Waals surface area contributed by atoms with Crippen molar-refractivity contribution in [3.8, 4) is 0 Å². The quantitative estimate of drug-likeness (QED) is 0.437. The molecule has 1 atom stereocenters. The van der Waals surface area contributed by atoms with Crippen LogP contribution in [0.15, 0.2) is 12.7 Å². The highest BCUT2D eigenvalue weighted by Crippen LogP contribution is 2.17. The zero-order valence-electron chi connectivity index (χ0n) is 6.75. The van der Waals surface area contributed by atoms with E-state index in [1.165, 1.54) is 7.11 Å². The van der Waals surface area contributed by atoms with E-state index in [-0.39, 0.29) is 12.0 Å². The molecule has 3 nitrogen and oxygen atoms in total. The first-order valence-electron chi connectivity index (χ1n) is 3.72. The zero-order chi connectivity index (χ0) is 8.27. The third-order valence-corrected chi connectivity index (χ3v) is 1.97. The van der Waals surface area contributed by atoms with Gasteiger partial charge in [-0.3, -0.25) is 9.69 Å². The van der Waals surface area contributed by atoms with Crippen LogP contribution < -0.4 is 0 Å². The lowest BCUT2D eigenvalue weighted by molar-refractivity contribution is -0.151. The number of nitrogens with zero attached hydrogens (tertiary/aromatic N) is 1. The fourth-order valence-electron chi connectivity index (χ4n) is 1.23. The van der Waals surface area contributed by atoms with Gasteiger partial charge in [0.25, 0.3) is 0 Å². The molecular weight excluding hydrogens is 142 g/mol. The van der Waals surface area contributed by atoms with E-state index in [4.69, 9.17) is 0 Å². The van der Waals surface area contributed by atoms with Gasteiger partial charge in [0.2, 0.25) is 0 Å². The molecule has 1 unspecified atom stereocenters. The Labute approximate surface area is 66.6 Å². The molecule has 1 aliphatic heterocycles. The highest BCUT2D eigenvalue weighted by molar-refractivity contribution is 5.76. The van der Waals surface area contributed by atoms with E-state index in [2.05, 4.69) is 11.3 Å². The molecule has 62 valence electrons. The molecule has 0 amide bonds. The van der Waals surface area contributed by atoms with E-state index >= 15 is 0 Å². The zero-order valence-corrected chi connectivity index (χ0v) is 6.75. The number of hydrogen-bond donors (Lipinski definition) is 0. The Bertz CT molecular complexity index is 167. The third kappa shape index (κ3) is 1.60. The fourth-order valence-corrected chi connectivity index (χ4v) is 1.23. The number of hydrogen-bond acceptors (Lipinski definition) is 3. The van der Waals surface area contributed by atoms with E-state index in [9.17, 15) is 4.79 Å². The van der Waals surface area contributed by atoms with Crippen LogP contribution in [0, 0.1) is 0 Å². The lowest BCUT2D eigenvalue weighted by atomic mass is 10.0. The predicted molar refractivity (Wildman–Crippen MR) is 42.2 cm³/mol. The molecule has 0 aromatic carbocycles. The Morgan fingerprint density at radius 3 is 3.00 bits per heavy atom. The van der Waals surface area contributed by atoms with Crippen LogP contribution in [-0.2, 0) is 9.53 Å². The summed E-state index contributed by atoms with van der Waals surface area (Å²) in [5.74, 6) is -0.127. The Balaban J connectivity index is 2.36. The summed E-state index contributed by atoms with van der Waals surface area (Å²) in [5, 5.41) is 0.